The SMILES string of the molecule is Cn1c2ccncc2c2ccc(Nc3cc(OCCSF)ccn3)nc21. The Bertz CT molecular complexity index is 1070. The topological polar surface area (TPSA) is 64.9 Å². The van der Waals surface area contributed by atoms with Crippen LogP contribution in [0.2, 0.25) is 0 Å². The van der Waals surface area contributed by atoms with E-state index in [1.165, 1.54) is 0 Å². The Hall–Kier alpha value is -2.87. The van der Waals surface area contributed by atoms with Gasteiger partial charge >= 0.3 is 0 Å². The molecule has 0 unspecified atom stereocenters. The van der Waals surface area contributed by atoms with Gasteiger partial charge in [-0.15, -0.1) is 0 Å². The Kier molecular flexibility index (Phi) is 4.57. The average Bonchev–Trinajstić information content (AvgIpc) is 2.95. The summed E-state index contributed by atoms with van der Waals surface area (Å²) >= 11 is 0.259. The van der Waals surface area contributed by atoms with Crippen LogP contribution in [0.15, 0.2) is 48.9 Å². The number of fused-ring (bicyclic) bond motifs is 3. The van der Waals surface area contributed by atoms with Crippen molar-refractivity contribution < 1.29 is 8.62 Å². The fraction of sp³-hybridized carbons (Fsp3) is 0.167. The molecule has 4 aromatic rings. The molecule has 0 atom stereocenters. The van der Waals surface area contributed by atoms with E-state index in [4.69, 9.17) is 9.72 Å². The van der Waals surface area contributed by atoms with Gasteiger partial charge in [-0.25, -0.2) is 9.97 Å². The number of pyridine rings is 3. The van der Waals surface area contributed by atoms with E-state index in [1.54, 1.807) is 24.5 Å². The largest absolute Gasteiger partial charge is 0.492 e. The summed E-state index contributed by atoms with van der Waals surface area (Å²) in [5.41, 5.74) is 1.95. The van der Waals surface area contributed by atoms with E-state index < -0.39 is 0 Å². The molecular formula is C18H16FN5OS. The fourth-order valence-electron chi connectivity index (χ4n) is 2.88. The molecule has 0 radical (unpaired) electrons. The predicted molar refractivity (Wildman–Crippen MR) is 103 cm³/mol. The van der Waals surface area contributed by atoms with Gasteiger partial charge in [-0.05, 0) is 24.3 Å². The summed E-state index contributed by atoms with van der Waals surface area (Å²) in [4.78, 5) is 13.2. The molecule has 0 fully saturated rings. The van der Waals surface area contributed by atoms with Gasteiger partial charge in [-0.3, -0.25) is 4.98 Å². The van der Waals surface area contributed by atoms with Crippen LogP contribution < -0.4 is 10.1 Å². The van der Waals surface area contributed by atoms with Crippen LogP contribution in [-0.4, -0.2) is 31.9 Å². The molecule has 1 N–H and O–H groups in total. The van der Waals surface area contributed by atoms with Gasteiger partial charge in [0.1, 0.15) is 23.0 Å². The first-order chi connectivity index (χ1) is 12.8. The van der Waals surface area contributed by atoms with Crippen molar-refractivity contribution in [1.82, 2.24) is 19.5 Å². The van der Waals surface area contributed by atoms with Gasteiger partial charge < -0.3 is 14.6 Å². The van der Waals surface area contributed by atoms with Gasteiger partial charge in [0.2, 0.25) is 0 Å². The van der Waals surface area contributed by atoms with Crippen LogP contribution in [0.25, 0.3) is 21.9 Å². The Morgan fingerprint density at radius 2 is 2.08 bits per heavy atom. The van der Waals surface area contributed by atoms with Gasteiger partial charge in [0.25, 0.3) is 0 Å². The second kappa shape index (κ2) is 7.17. The number of nitrogens with zero attached hydrogens (tertiary/aromatic N) is 4. The summed E-state index contributed by atoms with van der Waals surface area (Å²) in [6.45, 7) is 0.304. The number of ether oxygens (including phenoxy) is 1. The molecule has 26 heavy (non-hydrogen) atoms. The van der Waals surface area contributed by atoms with Crippen LogP contribution in [0.3, 0.4) is 0 Å². The first-order valence-electron chi connectivity index (χ1n) is 8.05. The minimum Gasteiger partial charge on any atom is -0.492 e. The minimum atomic E-state index is 0.259. The van der Waals surface area contributed by atoms with E-state index >= 15 is 0 Å². The van der Waals surface area contributed by atoms with Crippen molar-refractivity contribution in [2.45, 2.75) is 0 Å². The van der Waals surface area contributed by atoms with E-state index in [-0.39, 0.29) is 12.1 Å². The van der Waals surface area contributed by atoms with Gasteiger partial charge in [-0.1, -0.05) is 0 Å². The zero-order chi connectivity index (χ0) is 17.9. The van der Waals surface area contributed by atoms with E-state index in [9.17, 15) is 3.89 Å². The highest BCUT2D eigenvalue weighted by Crippen LogP contribution is 2.28. The third-order valence-electron chi connectivity index (χ3n) is 4.06. The predicted octanol–water partition coefficient (Wildman–Crippen LogP) is 4.26. The Morgan fingerprint density at radius 3 is 2.96 bits per heavy atom. The molecule has 0 bridgehead atoms. The lowest BCUT2D eigenvalue weighted by atomic mass is 10.2. The lowest BCUT2D eigenvalue weighted by Gasteiger charge is -2.08. The number of rotatable bonds is 6. The van der Waals surface area contributed by atoms with Gasteiger partial charge in [0.15, 0.2) is 0 Å². The highest BCUT2D eigenvalue weighted by molar-refractivity contribution is 7.94. The maximum atomic E-state index is 12.1. The standard InChI is InChI=1S/C18H16FN5OS/c1-24-15-5-6-20-11-14(15)13-2-3-16(23-18(13)24)22-17-10-12(4-7-21-17)25-8-9-26-19/h2-7,10-11H,8-9H2,1H3,(H,21,22,23). The fourth-order valence-corrected chi connectivity index (χ4v) is 3.02. The molecule has 0 saturated carbocycles. The quantitative estimate of drug-likeness (QED) is 0.513. The molecule has 0 aliphatic carbocycles. The molecule has 0 saturated heterocycles. The second-order valence-electron chi connectivity index (χ2n) is 5.68. The van der Waals surface area contributed by atoms with Crippen molar-refractivity contribution in [1.29, 1.82) is 0 Å². The molecule has 0 aromatic carbocycles. The average molecular weight is 369 g/mol. The van der Waals surface area contributed by atoms with Crippen LogP contribution in [0, 0.1) is 0 Å². The number of hydrogen-bond donors (Lipinski definition) is 1. The van der Waals surface area contributed by atoms with Gasteiger partial charge in [-0.2, -0.15) is 3.89 Å². The second-order valence-corrected chi connectivity index (χ2v) is 6.31. The van der Waals surface area contributed by atoms with Crippen molar-refractivity contribution in [2.24, 2.45) is 7.05 Å². The van der Waals surface area contributed by atoms with Crippen molar-refractivity contribution in [3.63, 3.8) is 0 Å². The third kappa shape index (κ3) is 3.15. The summed E-state index contributed by atoms with van der Waals surface area (Å²) in [7, 11) is 1.98. The van der Waals surface area contributed by atoms with Crippen molar-refractivity contribution in [3.8, 4) is 5.75 Å². The van der Waals surface area contributed by atoms with Crippen molar-refractivity contribution >= 4 is 45.7 Å². The van der Waals surface area contributed by atoms with Crippen LogP contribution >= 0.6 is 12.1 Å². The molecule has 0 spiro atoms. The number of anilines is 2. The first kappa shape index (κ1) is 16.6. The first-order valence-corrected chi connectivity index (χ1v) is 8.93. The number of aryl methyl sites for hydroxylation is 1. The number of halogens is 1. The van der Waals surface area contributed by atoms with E-state index in [1.807, 2.05) is 36.0 Å². The maximum absolute atomic E-state index is 12.1. The minimum absolute atomic E-state index is 0.259. The molecule has 8 heteroatoms. The van der Waals surface area contributed by atoms with Gasteiger partial charge in [0.05, 0.1) is 17.9 Å². The molecule has 132 valence electrons. The molecule has 4 heterocycles. The summed E-state index contributed by atoms with van der Waals surface area (Å²) in [5, 5.41) is 5.31. The molecule has 0 aliphatic rings. The highest BCUT2D eigenvalue weighted by Gasteiger charge is 2.10. The highest BCUT2D eigenvalue weighted by atomic mass is 32.2. The van der Waals surface area contributed by atoms with Crippen LogP contribution in [-0.2, 0) is 7.05 Å². The molecule has 6 nitrogen and oxygen atoms in total. The lowest BCUT2D eigenvalue weighted by molar-refractivity contribution is 0.343. The van der Waals surface area contributed by atoms with E-state index in [2.05, 4.69) is 15.3 Å². The van der Waals surface area contributed by atoms with Crippen LogP contribution in [0.1, 0.15) is 0 Å². The molecule has 0 aliphatic heterocycles. The van der Waals surface area contributed by atoms with E-state index in [0.717, 1.165) is 21.9 Å². The zero-order valence-corrected chi connectivity index (χ0v) is 14.8. The van der Waals surface area contributed by atoms with Gasteiger partial charge in [0, 0.05) is 54.6 Å². The Labute approximate surface area is 153 Å². The molecular weight excluding hydrogens is 353 g/mol. The summed E-state index contributed by atoms with van der Waals surface area (Å²) in [5.74, 6) is 2.22. The normalized spacial score (nSPS) is 11.2. The van der Waals surface area contributed by atoms with Crippen LogP contribution in [0.4, 0.5) is 15.5 Å². The smallest absolute Gasteiger partial charge is 0.143 e. The number of nitrogens with one attached hydrogen (secondary N) is 1. The Morgan fingerprint density at radius 1 is 1.15 bits per heavy atom. The monoisotopic (exact) mass is 369 g/mol. The van der Waals surface area contributed by atoms with Crippen LogP contribution in [0.5, 0.6) is 5.75 Å². The summed E-state index contributed by atoms with van der Waals surface area (Å²) in [6, 6.07) is 9.40. The summed E-state index contributed by atoms with van der Waals surface area (Å²) in [6.07, 6.45) is 5.27. The number of hydrogen-bond acceptors (Lipinski definition) is 6. The summed E-state index contributed by atoms with van der Waals surface area (Å²) < 4.78 is 19.6. The zero-order valence-electron chi connectivity index (χ0n) is 14.0. The van der Waals surface area contributed by atoms with E-state index in [0.29, 0.717) is 29.7 Å². The molecule has 4 aromatic heterocycles. The third-order valence-corrected chi connectivity index (χ3v) is 4.38. The number of aromatic nitrogens is 4. The lowest BCUT2D eigenvalue weighted by Crippen LogP contribution is -2.01. The Balaban J connectivity index is 1.62. The molecule has 4 rings (SSSR count). The van der Waals surface area contributed by atoms with Crippen molar-refractivity contribution in [3.05, 3.63) is 48.9 Å². The molecule has 0 amide bonds. The maximum Gasteiger partial charge on any atom is 0.143 e. The van der Waals surface area contributed by atoms with Crippen molar-refractivity contribution in [2.75, 3.05) is 17.7 Å².